The van der Waals surface area contributed by atoms with Crippen LogP contribution in [0.2, 0.25) is 0 Å². The first-order valence-electron chi connectivity index (χ1n) is 7.32. The molecule has 0 unspecified atom stereocenters. The standard InChI is InChI=1S/C16H15N3O4S/c1-9(20)7-12-17-15(24-19-12)18-14(22)16(2)8-10-5-3-4-6-11(10)13(21)23-16/h3-6H,7-8H2,1-2H3,(H,17,18,19,22)/t16-/m1/s1. The molecule has 0 aliphatic carbocycles. The summed E-state index contributed by atoms with van der Waals surface area (Å²) < 4.78 is 9.37. The molecule has 0 saturated heterocycles. The van der Waals surface area contributed by atoms with Gasteiger partial charge in [0.15, 0.2) is 11.4 Å². The van der Waals surface area contributed by atoms with Crippen LogP contribution in [0.1, 0.15) is 35.6 Å². The zero-order valence-corrected chi connectivity index (χ0v) is 14.0. The maximum absolute atomic E-state index is 12.6. The largest absolute Gasteiger partial charge is 0.445 e. The Morgan fingerprint density at radius 2 is 2.12 bits per heavy atom. The molecule has 0 radical (unpaired) electrons. The summed E-state index contributed by atoms with van der Waals surface area (Å²) >= 11 is 0.983. The summed E-state index contributed by atoms with van der Waals surface area (Å²) in [6, 6.07) is 7.04. The summed E-state index contributed by atoms with van der Waals surface area (Å²) in [5.74, 6) is -0.700. The number of amides is 1. The lowest BCUT2D eigenvalue weighted by Crippen LogP contribution is -2.48. The van der Waals surface area contributed by atoms with E-state index in [1.807, 2.05) is 6.07 Å². The maximum Gasteiger partial charge on any atom is 0.339 e. The third-order valence-corrected chi connectivity index (χ3v) is 4.33. The van der Waals surface area contributed by atoms with Crippen LogP contribution in [0, 0.1) is 0 Å². The predicted octanol–water partition coefficient (Wildman–Crippen LogP) is 1.78. The molecule has 0 spiro atoms. The fourth-order valence-corrected chi connectivity index (χ4v) is 3.07. The molecule has 1 aromatic carbocycles. The van der Waals surface area contributed by atoms with Crippen molar-refractivity contribution in [3.05, 3.63) is 41.2 Å². The van der Waals surface area contributed by atoms with Gasteiger partial charge < -0.3 is 4.74 Å². The van der Waals surface area contributed by atoms with E-state index in [1.165, 1.54) is 6.92 Å². The molecule has 0 fully saturated rings. The molecule has 1 aliphatic rings. The van der Waals surface area contributed by atoms with E-state index in [0.717, 1.165) is 17.1 Å². The lowest BCUT2D eigenvalue weighted by molar-refractivity contribution is -0.134. The number of ketones is 1. The highest BCUT2D eigenvalue weighted by Crippen LogP contribution is 2.29. The zero-order chi connectivity index (χ0) is 17.3. The van der Waals surface area contributed by atoms with Crippen molar-refractivity contribution in [3.8, 4) is 0 Å². The fourth-order valence-electron chi connectivity index (χ4n) is 2.49. The molecule has 2 heterocycles. The minimum atomic E-state index is -1.32. The van der Waals surface area contributed by atoms with Crippen LogP contribution in [-0.4, -0.2) is 32.6 Å². The fraction of sp³-hybridized carbons (Fsp3) is 0.312. The van der Waals surface area contributed by atoms with Crippen molar-refractivity contribution in [2.75, 3.05) is 5.32 Å². The molecule has 1 atom stereocenters. The Hall–Kier alpha value is -2.61. The highest BCUT2D eigenvalue weighted by molar-refractivity contribution is 7.09. The number of esters is 1. The number of nitrogens with zero attached hydrogens (tertiary/aromatic N) is 2. The van der Waals surface area contributed by atoms with Crippen LogP contribution in [0.4, 0.5) is 5.13 Å². The smallest absolute Gasteiger partial charge is 0.339 e. The zero-order valence-electron chi connectivity index (χ0n) is 13.2. The van der Waals surface area contributed by atoms with E-state index in [2.05, 4.69) is 14.7 Å². The van der Waals surface area contributed by atoms with E-state index >= 15 is 0 Å². The van der Waals surface area contributed by atoms with Gasteiger partial charge in [-0.2, -0.15) is 4.37 Å². The van der Waals surface area contributed by atoms with Crippen LogP contribution in [0.3, 0.4) is 0 Å². The average Bonchev–Trinajstić information content (AvgIpc) is 2.93. The number of nitrogens with one attached hydrogen (secondary N) is 1. The maximum atomic E-state index is 12.6. The second-order valence-corrected chi connectivity index (χ2v) is 6.55. The minimum Gasteiger partial charge on any atom is -0.445 e. The van der Waals surface area contributed by atoms with Crippen LogP contribution in [-0.2, 0) is 27.2 Å². The summed E-state index contributed by atoms with van der Waals surface area (Å²) in [5.41, 5.74) is -0.0824. The van der Waals surface area contributed by atoms with Crippen molar-refractivity contribution in [2.45, 2.75) is 32.3 Å². The van der Waals surface area contributed by atoms with E-state index in [-0.39, 0.29) is 23.8 Å². The van der Waals surface area contributed by atoms with Crippen LogP contribution in [0.25, 0.3) is 0 Å². The SMILES string of the molecule is CC(=O)Cc1nsc(NC(=O)[C@@]2(C)Cc3ccccc3C(=O)O2)n1. The van der Waals surface area contributed by atoms with Crippen LogP contribution in [0.15, 0.2) is 24.3 Å². The molecule has 7 nitrogen and oxygen atoms in total. The van der Waals surface area contributed by atoms with Gasteiger partial charge in [0.05, 0.1) is 12.0 Å². The van der Waals surface area contributed by atoms with Crippen molar-refractivity contribution < 1.29 is 19.1 Å². The van der Waals surface area contributed by atoms with Gasteiger partial charge in [-0.25, -0.2) is 9.78 Å². The first-order valence-corrected chi connectivity index (χ1v) is 8.09. The number of rotatable bonds is 4. The van der Waals surface area contributed by atoms with Crippen LogP contribution >= 0.6 is 11.5 Å². The van der Waals surface area contributed by atoms with Gasteiger partial charge in [0.2, 0.25) is 5.13 Å². The Morgan fingerprint density at radius 1 is 1.38 bits per heavy atom. The number of ether oxygens (including phenoxy) is 1. The number of aromatic nitrogens is 2. The second kappa shape index (κ2) is 6.12. The summed E-state index contributed by atoms with van der Waals surface area (Å²) in [5, 5.41) is 2.89. The summed E-state index contributed by atoms with van der Waals surface area (Å²) in [6.45, 7) is 3.01. The average molecular weight is 345 g/mol. The van der Waals surface area contributed by atoms with Gasteiger partial charge in [-0.15, -0.1) is 0 Å². The molecule has 0 bridgehead atoms. The Kier molecular flexibility index (Phi) is 4.15. The number of Topliss-reactive ketones (excluding diaryl/α,β-unsaturated/α-hetero) is 1. The molecule has 124 valence electrons. The van der Waals surface area contributed by atoms with Gasteiger partial charge in [-0.3, -0.25) is 14.9 Å². The molecular formula is C16H15N3O4S. The number of carbonyl (C=O) groups excluding carboxylic acids is 3. The molecule has 24 heavy (non-hydrogen) atoms. The Labute approximate surface area is 142 Å². The van der Waals surface area contributed by atoms with E-state index in [4.69, 9.17) is 4.74 Å². The van der Waals surface area contributed by atoms with Gasteiger partial charge in [-0.05, 0) is 25.5 Å². The van der Waals surface area contributed by atoms with Crippen molar-refractivity contribution in [3.63, 3.8) is 0 Å². The Balaban J connectivity index is 1.76. The number of fused-ring (bicyclic) bond motifs is 1. The Morgan fingerprint density at radius 3 is 2.88 bits per heavy atom. The molecule has 2 aromatic rings. The molecular weight excluding hydrogens is 330 g/mol. The minimum absolute atomic E-state index is 0.0598. The van der Waals surface area contributed by atoms with Crippen LogP contribution in [0.5, 0.6) is 0 Å². The highest BCUT2D eigenvalue weighted by atomic mass is 32.1. The second-order valence-electron chi connectivity index (χ2n) is 5.80. The lowest BCUT2D eigenvalue weighted by Gasteiger charge is -2.32. The summed E-state index contributed by atoms with van der Waals surface area (Å²) in [7, 11) is 0. The van der Waals surface area contributed by atoms with Gasteiger partial charge in [0, 0.05) is 18.0 Å². The van der Waals surface area contributed by atoms with Crippen molar-refractivity contribution in [2.24, 2.45) is 0 Å². The van der Waals surface area contributed by atoms with E-state index in [0.29, 0.717) is 11.4 Å². The quantitative estimate of drug-likeness (QED) is 0.848. The Bertz CT molecular complexity index is 832. The molecule has 1 N–H and O–H groups in total. The van der Waals surface area contributed by atoms with Crippen LogP contribution < -0.4 is 5.32 Å². The van der Waals surface area contributed by atoms with Gasteiger partial charge in [-0.1, -0.05) is 18.2 Å². The van der Waals surface area contributed by atoms with Gasteiger partial charge in [0.25, 0.3) is 5.91 Å². The molecule has 3 rings (SSSR count). The van der Waals surface area contributed by atoms with Crippen molar-refractivity contribution in [1.82, 2.24) is 9.36 Å². The third-order valence-electron chi connectivity index (χ3n) is 3.66. The first kappa shape index (κ1) is 16.3. The molecule has 0 saturated carbocycles. The normalized spacial score (nSPS) is 19.3. The lowest BCUT2D eigenvalue weighted by atomic mass is 9.89. The van der Waals surface area contributed by atoms with E-state index in [1.54, 1.807) is 25.1 Å². The van der Waals surface area contributed by atoms with E-state index in [9.17, 15) is 14.4 Å². The monoisotopic (exact) mass is 345 g/mol. The van der Waals surface area contributed by atoms with Crippen molar-refractivity contribution >= 4 is 34.3 Å². The predicted molar refractivity (Wildman–Crippen MR) is 86.9 cm³/mol. The summed E-state index contributed by atoms with van der Waals surface area (Å²) in [4.78, 5) is 39.8. The number of hydrogen-bond donors (Lipinski definition) is 1. The number of carbonyl (C=O) groups is 3. The molecule has 1 amide bonds. The highest BCUT2D eigenvalue weighted by Gasteiger charge is 2.42. The number of anilines is 1. The molecule has 1 aliphatic heterocycles. The van der Waals surface area contributed by atoms with Gasteiger partial charge in [0.1, 0.15) is 5.78 Å². The van der Waals surface area contributed by atoms with Gasteiger partial charge >= 0.3 is 5.97 Å². The first-order chi connectivity index (χ1) is 11.4. The van der Waals surface area contributed by atoms with Crippen molar-refractivity contribution in [1.29, 1.82) is 0 Å². The third kappa shape index (κ3) is 3.18. The summed E-state index contributed by atoms with van der Waals surface area (Å²) in [6.07, 6.45) is 0.395. The number of cyclic esters (lactones) is 1. The number of hydrogen-bond acceptors (Lipinski definition) is 7. The molecule has 8 heteroatoms. The molecule has 1 aromatic heterocycles. The van der Waals surface area contributed by atoms with E-state index < -0.39 is 17.5 Å². The topological polar surface area (TPSA) is 98.2 Å². The number of benzene rings is 1.